The number of carbonyl (C=O) groups excluding carboxylic acids is 1. The van der Waals surface area contributed by atoms with Gasteiger partial charge in [0, 0.05) is 28.1 Å². The molecule has 4 aromatic rings. The molecule has 29 heavy (non-hydrogen) atoms. The number of halogens is 2. The maximum absolute atomic E-state index is 13.7. The van der Waals surface area contributed by atoms with Crippen LogP contribution in [0.4, 0.5) is 8.78 Å². The summed E-state index contributed by atoms with van der Waals surface area (Å²) in [6.45, 7) is 0.283. The number of fused-ring (bicyclic) bond motifs is 1. The lowest BCUT2D eigenvalue weighted by atomic mass is 10.1. The maximum Gasteiger partial charge on any atom is 0.257 e. The fourth-order valence-corrected chi connectivity index (χ4v) is 4.25. The highest BCUT2D eigenvalue weighted by Gasteiger charge is 2.17. The smallest absolute Gasteiger partial charge is 0.257 e. The average molecular weight is 408 g/mol. The molecule has 0 fully saturated rings. The van der Waals surface area contributed by atoms with Crippen molar-refractivity contribution in [3.8, 4) is 11.3 Å². The summed E-state index contributed by atoms with van der Waals surface area (Å²) in [6.07, 6.45) is 0. The third-order valence-electron chi connectivity index (χ3n) is 4.54. The highest BCUT2D eigenvalue weighted by Crippen LogP contribution is 2.37. The molecule has 0 aliphatic carbocycles. The van der Waals surface area contributed by atoms with E-state index in [2.05, 4.69) is 10.3 Å². The zero-order valence-corrected chi connectivity index (χ0v) is 16.2. The Morgan fingerprint density at radius 3 is 2.34 bits per heavy atom. The van der Waals surface area contributed by atoms with Crippen LogP contribution in [0, 0.1) is 11.6 Å². The molecule has 1 heterocycles. The third-order valence-corrected chi connectivity index (χ3v) is 5.67. The molecule has 0 aliphatic rings. The zero-order valence-electron chi connectivity index (χ0n) is 15.4. The molecule has 0 saturated heterocycles. The van der Waals surface area contributed by atoms with Crippen LogP contribution in [0.25, 0.3) is 22.2 Å². The van der Waals surface area contributed by atoms with Gasteiger partial charge in [-0.25, -0.2) is 8.78 Å². The molecular weight excluding hydrogens is 390 g/mol. The third kappa shape index (κ3) is 4.03. The van der Waals surface area contributed by atoms with Crippen molar-refractivity contribution in [2.45, 2.75) is 4.90 Å². The van der Waals surface area contributed by atoms with E-state index in [9.17, 15) is 13.6 Å². The molecule has 0 atom stereocenters. The zero-order chi connectivity index (χ0) is 20.2. The van der Waals surface area contributed by atoms with E-state index in [1.807, 2.05) is 54.6 Å². The molecule has 1 amide bonds. The van der Waals surface area contributed by atoms with Crippen LogP contribution in [0.15, 0.2) is 77.7 Å². The largest absolute Gasteiger partial charge is 0.354 e. The minimum atomic E-state index is -0.863. The molecule has 4 rings (SSSR count). The van der Waals surface area contributed by atoms with Crippen LogP contribution >= 0.6 is 11.8 Å². The summed E-state index contributed by atoms with van der Waals surface area (Å²) in [7, 11) is 0. The second-order valence-electron chi connectivity index (χ2n) is 6.44. The fourth-order valence-electron chi connectivity index (χ4n) is 3.20. The molecule has 0 bridgehead atoms. The number of benzene rings is 3. The number of hydrogen-bond donors (Lipinski definition) is 2. The van der Waals surface area contributed by atoms with Gasteiger partial charge in [0.1, 0.15) is 17.2 Å². The molecule has 2 N–H and O–H groups in total. The Hall–Kier alpha value is -3.12. The molecule has 0 aliphatic heterocycles. The van der Waals surface area contributed by atoms with Gasteiger partial charge in [0.15, 0.2) is 0 Å². The Morgan fingerprint density at radius 1 is 0.897 bits per heavy atom. The summed E-state index contributed by atoms with van der Waals surface area (Å²) in [6, 6.07) is 21.4. The molecule has 146 valence electrons. The minimum absolute atomic E-state index is 0.283. The van der Waals surface area contributed by atoms with Gasteiger partial charge in [-0.05, 0) is 23.8 Å². The van der Waals surface area contributed by atoms with E-state index in [1.54, 1.807) is 11.8 Å². The van der Waals surface area contributed by atoms with Gasteiger partial charge >= 0.3 is 0 Å². The molecule has 0 unspecified atom stereocenters. The monoisotopic (exact) mass is 408 g/mol. The number of thioether (sulfide) groups is 1. The Bertz CT molecular complexity index is 1140. The van der Waals surface area contributed by atoms with E-state index in [4.69, 9.17) is 0 Å². The van der Waals surface area contributed by atoms with Crippen LogP contribution in [0.2, 0.25) is 0 Å². The van der Waals surface area contributed by atoms with Crippen molar-refractivity contribution in [2.24, 2.45) is 0 Å². The van der Waals surface area contributed by atoms with E-state index < -0.39 is 23.1 Å². The van der Waals surface area contributed by atoms with E-state index in [1.165, 1.54) is 6.07 Å². The summed E-state index contributed by atoms with van der Waals surface area (Å²) in [5, 5.41) is 3.70. The lowest BCUT2D eigenvalue weighted by Gasteiger charge is -2.08. The summed E-state index contributed by atoms with van der Waals surface area (Å²) in [5.74, 6) is -1.91. The van der Waals surface area contributed by atoms with Crippen LogP contribution < -0.4 is 5.32 Å². The van der Waals surface area contributed by atoms with Crippen LogP contribution in [0.5, 0.6) is 0 Å². The molecule has 0 spiro atoms. The second-order valence-corrected chi connectivity index (χ2v) is 7.55. The summed E-state index contributed by atoms with van der Waals surface area (Å²) < 4.78 is 27.5. The van der Waals surface area contributed by atoms with E-state index in [0.717, 1.165) is 39.2 Å². The topological polar surface area (TPSA) is 44.9 Å². The predicted octanol–water partition coefficient (Wildman–Crippen LogP) is 5.64. The van der Waals surface area contributed by atoms with Gasteiger partial charge in [-0.2, -0.15) is 0 Å². The van der Waals surface area contributed by atoms with E-state index >= 15 is 0 Å². The first-order valence-electron chi connectivity index (χ1n) is 9.16. The molecular formula is C23H18F2N2OS. The van der Waals surface area contributed by atoms with Crippen LogP contribution in [-0.4, -0.2) is 23.2 Å². The number of aromatic nitrogens is 1. The van der Waals surface area contributed by atoms with Gasteiger partial charge in [-0.15, -0.1) is 11.8 Å². The van der Waals surface area contributed by atoms with Crippen molar-refractivity contribution in [2.75, 3.05) is 12.3 Å². The number of para-hydroxylation sites is 1. The molecule has 3 aromatic carbocycles. The Morgan fingerprint density at radius 2 is 1.59 bits per heavy atom. The standard InChI is InChI=1S/C23H18F2N2OS/c24-17-10-6-11-18(25)20(17)23(28)26-13-14-29-22-16-9-4-5-12-19(16)27-21(22)15-7-2-1-3-8-15/h1-12,27H,13-14H2,(H,26,28). The van der Waals surface area contributed by atoms with Crippen molar-refractivity contribution in [1.82, 2.24) is 10.3 Å². The first-order valence-corrected chi connectivity index (χ1v) is 10.1. The van der Waals surface area contributed by atoms with Crippen molar-refractivity contribution in [1.29, 1.82) is 0 Å². The number of hydrogen-bond acceptors (Lipinski definition) is 2. The van der Waals surface area contributed by atoms with Gasteiger partial charge in [0.2, 0.25) is 0 Å². The van der Waals surface area contributed by atoms with Gasteiger partial charge in [0.25, 0.3) is 5.91 Å². The number of H-pyrrole nitrogens is 1. The molecule has 1 aromatic heterocycles. The quantitative estimate of drug-likeness (QED) is 0.321. The highest BCUT2D eigenvalue weighted by molar-refractivity contribution is 7.99. The van der Waals surface area contributed by atoms with E-state index in [0.29, 0.717) is 5.75 Å². The van der Waals surface area contributed by atoms with Gasteiger partial charge in [-0.3, -0.25) is 4.79 Å². The fraction of sp³-hybridized carbons (Fsp3) is 0.0870. The van der Waals surface area contributed by atoms with Gasteiger partial charge < -0.3 is 10.3 Å². The maximum atomic E-state index is 13.7. The van der Waals surface area contributed by atoms with Crippen molar-refractivity contribution in [3.63, 3.8) is 0 Å². The molecule has 0 radical (unpaired) electrons. The van der Waals surface area contributed by atoms with Crippen LogP contribution in [0.1, 0.15) is 10.4 Å². The number of carbonyl (C=O) groups is 1. The molecule has 3 nitrogen and oxygen atoms in total. The number of rotatable bonds is 6. The normalized spacial score (nSPS) is 11.0. The Balaban J connectivity index is 1.49. The number of aromatic amines is 1. The highest BCUT2D eigenvalue weighted by atomic mass is 32.2. The Labute approximate surface area is 171 Å². The van der Waals surface area contributed by atoms with E-state index in [-0.39, 0.29) is 6.54 Å². The lowest BCUT2D eigenvalue weighted by molar-refractivity contribution is 0.0948. The summed E-state index contributed by atoms with van der Waals surface area (Å²) in [4.78, 5) is 16.7. The van der Waals surface area contributed by atoms with Crippen LogP contribution in [-0.2, 0) is 0 Å². The number of amides is 1. The van der Waals surface area contributed by atoms with Crippen molar-refractivity contribution >= 4 is 28.6 Å². The first-order chi connectivity index (χ1) is 14.1. The average Bonchev–Trinajstić information content (AvgIpc) is 3.10. The number of nitrogens with one attached hydrogen (secondary N) is 2. The van der Waals surface area contributed by atoms with Gasteiger partial charge in [-0.1, -0.05) is 54.6 Å². The first kappa shape index (κ1) is 19.2. The Kier molecular flexibility index (Phi) is 5.62. The summed E-state index contributed by atoms with van der Waals surface area (Å²) in [5.41, 5.74) is 2.58. The molecule has 0 saturated carbocycles. The minimum Gasteiger partial charge on any atom is -0.354 e. The van der Waals surface area contributed by atoms with Crippen molar-refractivity contribution < 1.29 is 13.6 Å². The lowest BCUT2D eigenvalue weighted by Crippen LogP contribution is -2.27. The van der Waals surface area contributed by atoms with Crippen LogP contribution in [0.3, 0.4) is 0 Å². The van der Waals surface area contributed by atoms with Crippen molar-refractivity contribution in [3.05, 3.63) is 90.0 Å². The molecule has 6 heteroatoms. The second kappa shape index (κ2) is 8.49. The predicted molar refractivity (Wildman–Crippen MR) is 113 cm³/mol. The summed E-state index contributed by atoms with van der Waals surface area (Å²) >= 11 is 1.59. The van der Waals surface area contributed by atoms with Gasteiger partial charge in [0.05, 0.1) is 5.69 Å². The SMILES string of the molecule is O=C(NCCSc1c(-c2ccccc2)[nH]c2ccccc12)c1c(F)cccc1F.